The molecule has 2 N–H and O–H groups in total. The van der Waals surface area contributed by atoms with Crippen molar-refractivity contribution in [2.75, 3.05) is 20.6 Å². The molecule has 8 heteroatoms. The van der Waals surface area contributed by atoms with E-state index >= 15 is 0 Å². The van der Waals surface area contributed by atoms with Gasteiger partial charge in [-0.1, -0.05) is 36.4 Å². The number of hydrogen-bond donors (Lipinski definition) is 2. The van der Waals surface area contributed by atoms with Crippen molar-refractivity contribution in [3.05, 3.63) is 65.9 Å². The summed E-state index contributed by atoms with van der Waals surface area (Å²) < 4.78 is 41.7. The summed E-state index contributed by atoms with van der Waals surface area (Å²) in [6.07, 6.45) is -1.90. The molecule has 0 saturated heterocycles. The third-order valence-electron chi connectivity index (χ3n) is 6.85. The van der Waals surface area contributed by atoms with Crippen LogP contribution in [0.2, 0.25) is 0 Å². The Morgan fingerprint density at radius 2 is 1.91 bits per heavy atom. The Balaban J connectivity index is 1.43. The van der Waals surface area contributed by atoms with Gasteiger partial charge in [0.25, 0.3) is 0 Å². The minimum absolute atomic E-state index is 0.00553. The number of carbonyl (C=O) groups is 1. The monoisotopic (exact) mass is 458 g/mol. The largest absolute Gasteiger partial charge is 0.395 e. The predicted octanol–water partition coefficient (Wildman–Crippen LogP) is 4.67. The molecule has 0 radical (unpaired) electrons. The number of nitrogens with zero attached hydrogens (tertiary/aromatic N) is 2. The zero-order valence-corrected chi connectivity index (χ0v) is 18.8. The Labute approximate surface area is 191 Å². The summed E-state index contributed by atoms with van der Waals surface area (Å²) in [5.41, 5.74) is 0.833. The number of halogens is 3. The maximum Gasteiger partial charge on any atom is 0.395 e. The SMILES string of the molecule is CN(C)[C@H](CNC(=O)CC(c1ccccc1)C1(C(F)(F)F)CC1)Cc1ccc2[nH]ncc2c1. The molecule has 2 atom stereocenters. The first kappa shape index (κ1) is 23.3. The summed E-state index contributed by atoms with van der Waals surface area (Å²) in [5.74, 6) is -1.23. The first-order valence-corrected chi connectivity index (χ1v) is 11.2. The molecule has 3 aromatic rings. The highest BCUT2D eigenvalue weighted by molar-refractivity contribution is 5.78. The lowest BCUT2D eigenvalue weighted by Gasteiger charge is -2.30. The van der Waals surface area contributed by atoms with Gasteiger partial charge in [-0.05, 0) is 56.6 Å². The van der Waals surface area contributed by atoms with Crippen molar-refractivity contribution in [1.82, 2.24) is 20.4 Å². The molecule has 1 saturated carbocycles. The molecule has 33 heavy (non-hydrogen) atoms. The minimum atomic E-state index is -4.33. The summed E-state index contributed by atoms with van der Waals surface area (Å²) in [7, 11) is 3.87. The number of aromatic amines is 1. The highest BCUT2D eigenvalue weighted by Crippen LogP contribution is 2.66. The summed E-state index contributed by atoms with van der Waals surface area (Å²) in [6, 6.07) is 14.7. The highest BCUT2D eigenvalue weighted by Gasteiger charge is 2.67. The van der Waals surface area contributed by atoms with Gasteiger partial charge in [-0.25, -0.2) is 0 Å². The molecule has 0 bridgehead atoms. The maximum atomic E-state index is 13.9. The highest BCUT2D eigenvalue weighted by atomic mass is 19.4. The smallest absolute Gasteiger partial charge is 0.355 e. The summed E-state index contributed by atoms with van der Waals surface area (Å²) in [5, 5.41) is 10.9. The van der Waals surface area contributed by atoms with Crippen LogP contribution in [-0.4, -0.2) is 53.9 Å². The number of amides is 1. The van der Waals surface area contributed by atoms with Gasteiger partial charge in [0.1, 0.15) is 0 Å². The van der Waals surface area contributed by atoms with Crippen LogP contribution in [0.3, 0.4) is 0 Å². The Hall–Kier alpha value is -2.87. The molecule has 1 aromatic heterocycles. The second kappa shape index (κ2) is 9.17. The molecule has 1 aliphatic rings. The van der Waals surface area contributed by atoms with Gasteiger partial charge >= 0.3 is 6.18 Å². The molecule has 5 nitrogen and oxygen atoms in total. The van der Waals surface area contributed by atoms with E-state index in [1.807, 2.05) is 31.1 Å². The molecule has 176 valence electrons. The van der Waals surface area contributed by atoms with E-state index in [0.29, 0.717) is 18.5 Å². The second-order valence-corrected chi connectivity index (χ2v) is 9.24. The lowest BCUT2D eigenvalue weighted by molar-refractivity contribution is -0.194. The zero-order valence-electron chi connectivity index (χ0n) is 18.8. The van der Waals surface area contributed by atoms with Crippen LogP contribution in [0.5, 0.6) is 0 Å². The number of alkyl halides is 3. The van der Waals surface area contributed by atoms with Gasteiger partial charge in [-0.15, -0.1) is 0 Å². The van der Waals surface area contributed by atoms with Crippen molar-refractivity contribution in [2.45, 2.75) is 43.8 Å². The lowest BCUT2D eigenvalue weighted by Crippen LogP contribution is -2.42. The fourth-order valence-corrected chi connectivity index (χ4v) is 4.60. The maximum absolute atomic E-state index is 13.9. The minimum Gasteiger partial charge on any atom is -0.355 e. The fourth-order valence-electron chi connectivity index (χ4n) is 4.60. The van der Waals surface area contributed by atoms with Gasteiger partial charge in [0, 0.05) is 30.3 Å². The Morgan fingerprint density at radius 3 is 2.55 bits per heavy atom. The summed E-state index contributed by atoms with van der Waals surface area (Å²) in [4.78, 5) is 14.9. The van der Waals surface area contributed by atoms with Crippen LogP contribution in [0.4, 0.5) is 13.2 Å². The lowest BCUT2D eigenvalue weighted by atomic mass is 9.80. The van der Waals surface area contributed by atoms with Crippen molar-refractivity contribution < 1.29 is 18.0 Å². The van der Waals surface area contributed by atoms with Crippen molar-refractivity contribution in [1.29, 1.82) is 0 Å². The van der Waals surface area contributed by atoms with Crippen LogP contribution < -0.4 is 5.32 Å². The third kappa shape index (κ3) is 5.05. The number of benzene rings is 2. The van der Waals surface area contributed by atoms with Crippen LogP contribution in [0.25, 0.3) is 10.9 Å². The Kier molecular flexibility index (Phi) is 6.47. The fraction of sp³-hybridized carbons (Fsp3) is 0.440. The quantitative estimate of drug-likeness (QED) is 0.490. The van der Waals surface area contributed by atoms with Crippen LogP contribution in [0.15, 0.2) is 54.7 Å². The number of fused-ring (bicyclic) bond motifs is 1. The zero-order chi connectivity index (χ0) is 23.6. The van der Waals surface area contributed by atoms with Gasteiger partial charge in [-0.2, -0.15) is 18.3 Å². The van der Waals surface area contributed by atoms with Gasteiger partial charge in [-0.3, -0.25) is 9.89 Å². The first-order valence-electron chi connectivity index (χ1n) is 11.2. The molecule has 1 amide bonds. The molecule has 0 spiro atoms. The number of carbonyl (C=O) groups excluding carboxylic acids is 1. The van der Waals surface area contributed by atoms with Crippen molar-refractivity contribution in [3.63, 3.8) is 0 Å². The van der Waals surface area contributed by atoms with Crippen molar-refractivity contribution >= 4 is 16.8 Å². The van der Waals surface area contributed by atoms with E-state index in [-0.39, 0.29) is 31.2 Å². The molecule has 1 unspecified atom stereocenters. The van der Waals surface area contributed by atoms with Crippen LogP contribution in [-0.2, 0) is 11.2 Å². The molecule has 1 aliphatic carbocycles. The van der Waals surface area contributed by atoms with Crippen LogP contribution in [0.1, 0.15) is 36.3 Å². The average Bonchev–Trinajstić information content (AvgIpc) is 3.47. The predicted molar refractivity (Wildman–Crippen MR) is 122 cm³/mol. The van der Waals surface area contributed by atoms with E-state index < -0.39 is 17.5 Å². The van der Waals surface area contributed by atoms with E-state index in [1.54, 1.807) is 36.5 Å². The van der Waals surface area contributed by atoms with Gasteiger partial charge in [0.05, 0.1) is 17.1 Å². The Bertz CT molecular complexity index is 1090. The van der Waals surface area contributed by atoms with Gasteiger partial charge in [0.2, 0.25) is 5.91 Å². The molecule has 4 rings (SSSR count). The standard InChI is InChI=1S/C25H29F3N4O/c1-32(2)20(13-17-8-9-22-19(12-17)15-30-31-22)16-29-23(33)14-21(18-6-4-3-5-7-18)24(10-11-24)25(26,27)28/h3-9,12,15,20-21H,10-11,13-14,16H2,1-2H3,(H,29,33)(H,30,31)/t20-,21?/m0/s1. The van der Waals surface area contributed by atoms with Gasteiger partial charge < -0.3 is 10.2 Å². The first-order chi connectivity index (χ1) is 15.7. The van der Waals surface area contributed by atoms with Crippen LogP contribution >= 0.6 is 0 Å². The number of H-pyrrole nitrogens is 1. The second-order valence-electron chi connectivity index (χ2n) is 9.24. The molecule has 1 heterocycles. The van der Waals surface area contributed by atoms with Crippen LogP contribution in [0, 0.1) is 5.41 Å². The average molecular weight is 459 g/mol. The van der Waals surface area contributed by atoms with E-state index in [0.717, 1.165) is 16.5 Å². The molecular weight excluding hydrogens is 429 g/mol. The number of aromatic nitrogens is 2. The van der Waals surface area contributed by atoms with Gasteiger partial charge in [0.15, 0.2) is 0 Å². The number of nitrogens with one attached hydrogen (secondary N) is 2. The van der Waals surface area contributed by atoms with E-state index in [4.69, 9.17) is 0 Å². The summed E-state index contributed by atoms with van der Waals surface area (Å²) >= 11 is 0. The molecule has 1 fully saturated rings. The molecular formula is C25H29F3N4O. The topological polar surface area (TPSA) is 61.0 Å². The van der Waals surface area contributed by atoms with Crippen molar-refractivity contribution in [2.24, 2.45) is 5.41 Å². The molecule has 0 aliphatic heterocycles. The number of rotatable bonds is 9. The number of likely N-dealkylation sites (N-methyl/N-ethyl adjacent to an activating group) is 1. The summed E-state index contributed by atoms with van der Waals surface area (Å²) in [6.45, 7) is 0.357. The molecule has 2 aromatic carbocycles. The van der Waals surface area contributed by atoms with Crippen molar-refractivity contribution in [3.8, 4) is 0 Å². The Morgan fingerprint density at radius 1 is 1.18 bits per heavy atom. The van der Waals surface area contributed by atoms with E-state index in [2.05, 4.69) is 21.6 Å². The van der Waals surface area contributed by atoms with E-state index in [1.165, 1.54) is 0 Å². The number of hydrogen-bond acceptors (Lipinski definition) is 3. The third-order valence-corrected chi connectivity index (χ3v) is 6.85. The van der Waals surface area contributed by atoms with E-state index in [9.17, 15) is 18.0 Å². The normalized spacial score (nSPS) is 17.2.